The Morgan fingerprint density at radius 2 is 1.78 bits per heavy atom. The molecule has 8 heteroatoms. The molecule has 2 rings (SSSR count). The zero-order valence-corrected chi connectivity index (χ0v) is 15.5. The Kier molecular flexibility index (Phi) is 7.79. The zero-order chi connectivity index (χ0) is 19.6. The highest BCUT2D eigenvalue weighted by Gasteiger charge is 2.19. The van der Waals surface area contributed by atoms with E-state index in [1.54, 1.807) is 12.1 Å². The van der Waals surface area contributed by atoms with E-state index in [0.29, 0.717) is 18.5 Å². The number of hydrogen-bond acceptors (Lipinski definition) is 4. The average molecular weight is 374 g/mol. The summed E-state index contributed by atoms with van der Waals surface area (Å²) in [6.45, 7) is 2.49. The van der Waals surface area contributed by atoms with Crippen LogP contribution in [0.3, 0.4) is 0 Å². The molecular formula is C19H26N4O4. The molecule has 3 N–H and O–H groups in total. The van der Waals surface area contributed by atoms with Crippen LogP contribution < -0.4 is 16.2 Å². The lowest BCUT2D eigenvalue weighted by atomic mass is 10.1. The monoisotopic (exact) mass is 374 g/mol. The number of carbonyl (C=O) groups is 4. The van der Waals surface area contributed by atoms with Crippen LogP contribution in [0.4, 0.5) is 0 Å². The van der Waals surface area contributed by atoms with Crippen LogP contribution in [0.5, 0.6) is 0 Å². The maximum Gasteiger partial charge on any atom is 0.257 e. The fourth-order valence-corrected chi connectivity index (χ4v) is 2.83. The van der Waals surface area contributed by atoms with Crippen LogP contribution in [0.15, 0.2) is 24.3 Å². The largest absolute Gasteiger partial charge is 0.352 e. The van der Waals surface area contributed by atoms with E-state index in [1.165, 1.54) is 4.90 Å². The van der Waals surface area contributed by atoms with Crippen molar-refractivity contribution in [3.63, 3.8) is 0 Å². The predicted octanol–water partition coefficient (Wildman–Crippen LogP) is 0.665. The summed E-state index contributed by atoms with van der Waals surface area (Å²) in [6, 6.07) is 7.18. The highest BCUT2D eigenvalue weighted by Crippen LogP contribution is 2.10. The average Bonchev–Trinajstić information content (AvgIpc) is 2.84. The Morgan fingerprint density at radius 3 is 2.56 bits per heavy atom. The smallest absolute Gasteiger partial charge is 0.257 e. The molecule has 146 valence electrons. The molecule has 0 aromatic heterocycles. The van der Waals surface area contributed by atoms with Crippen LogP contribution >= 0.6 is 0 Å². The van der Waals surface area contributed by atoms with Crippen molar-refractivity contribution in [1.29, 1.82) is 0 Å². The van der Waals surface area contributed by atoms with Gasteiger partial charge in [-0.05, 0) is 31.4 Å². The normalized spacial score (nSPS) is 14.3. The molecular weight excluding hydrogens is 348 g/mol. The van der Waals surface area contributed by atoms with Gasteiger partial charge in [-0.3, -0.25) is 30.0 Å². The van der Waals surface area contributed by atoms with Gasteiger partial charge in [0.25, 0.3) is 11.8 Å². The highest BCUT2D eigenvalue weighted by atomic mass is 16.2. The van der Waals surface area contributed by atoms with Gasteiger partial charge < -0.3 is 10.2 Å². The number of amides is 4. The van der Waals surface area contributed by atoms with Gasteiger partial charge in [0, 0.05) is 31.5 Å². The maximum atomic E-state index is 12.0. The summed E-state index contributed by atoms with van der Waals surface area (Å²) in [5, 5.41) is 2.67. The Balaban J connectivity index is 1.65. The van der Waals surface area contributed by atoms with Gasteiger partial charge in [0.1, 0.15) is 6.54 Å². The van der Waals surface area contributed by atoms with Gasteiger partial charge in [-0.2, -0.15) is 0 Å². The van der Waals surface area contributed by atoms with E-state index < -0.39 is 11.8 Å². The minimum atomic E-state index is -0.442. The van der Waals surface area contributed by atoms with Crippen molar-refractivity contribution in [1.82, 2.24) is 21.1 Å². The molecule has 27 heavy (non-hydrogen) atoms. The standard InChI is InChI=1S/C19H26N4O4/c1-14-7-4-5-8-15(14)19(27)20-11-10-16(24)21-22-17(25)13-23-12-6-2-3-9-18(23)26/h4-5,7-8H,2-3,6,9-13H2,1H3,(H,20,27)(H,21,24)(H,22,25). The number of likely N-dealkylation sites (tertiary alicyclic amines) is 1. The molecule has 4 amide bonds. The Labute approximate surface area is 158 Å². The molecule has 0 aliphatic carbocycles. The topological polar surface area (TPSA) is 108 Å². The molecule has 1 aromatic carbocycles. The van der Waals surface area contributed by atoms with Crippen LogP contribution in [0.2, 0.25) is 0 Å². The summed E-state index contributed by atoms with van der Waals surface area (Å²) in [5.74, 6) is -1.14. The lowest BCUT2D eigenvalue weighted by molar-refractivity contribution is -0.136. The number of hydrogen-bond donors (Lipinski definition) is 3. The number of carbonyl (C=O) groups excluding carboxylic acids is 4. The first-order valence-electron chi connectivity index (χ1n) is 9.16. The quantitative estimate of drug-likeness (QED) is 0.636. The van der Waals surface area contributed by atoms with E-state index in [0.717, 1.165) is 24.8 Å². The lowest BCUT2D eigenvalue weighted by Crippen LogP contribution is -2.48. The van der Waals surface area contributed by atoms with Crippen molar-refractivity contribution in [2.45, 2.75) is 39.0 Å². The van der Waals surface area contributed by atoms with Crippen molar-refractivity contribution in [2.75, 3.05) is 19.6 Å². The molecule has 1 saturated heterocycles. The second-order valence-corrected chi connectivity index (χ2v) is 6.54. The van der Waals surface area contributed by atoms with Gasteiger partial charge >= 0.3 is 0 Å². The van der Waals surface area contributed by atoms with Gasteiger partial charge in [-0.1, -0.05) is 24.6 Å². The maximum absolute atomic E-state index is 12.0. The lowest BCUT2D eigenvalue weighted by Gasteiger charge is -2.19. The Hall–Kier alpha value is -2.90. The molecule has 1 aromatic rings. The van der Waals surface area contributed by atoms with Crippen LogP contribution in [0.25, 0.3) is 0 Å². The minimum absolute atomic E-state index is 0.0283. The number of hydrazine groups is 1. The summed E-state index contributed by atoms with van der Waals surface area (Å²) in [7, 11) is 0. The van der Waals surface area contributed by atoms with Gasteiger partial charge in [0.2, 0.25) is 11.8 Å². The number of nitrogens with one attached hydrogen (secondary N) is 3. The summed E-state index contributed by atoms with van der Waals surface area (Å²) in [5.41, 5.74) is 6.02. The molecule has 0 atom stereocenters. The molecule has 0 spiro atoms. The Morgan fingerprint density at radius 1 is 1.04 bits per heavy atom. The predicted molar refractivity (Wildman–Crippen MR) is 99.5 cm³/mol. The van der Waals surface area contributed by atoms with E-state index in [2.05, 4.69) is 16.2 Å². The summed E-state index contributed by atoms with van der Waals surface area (Å²) in [6.07, 6.45) is 3.20. The van der Waals surface area contributed by atoms with E-state index in [-0.39, 0.29) is 31.3 Å². The van der Waals surface area contributed by atoms with E-state index >= 15 is 0 Å². The first-order chi connectivity index (χ1) is 13.0. The van der Waals surface area contributed by atoms with Crippen molar-refractivity contribution in [2.24, 2.45) is 0 Å². The van der Waals surface area contributed by atoms with Crippen LogP contribution in [-0.2, 0) is 14.4 Å². The van der Waals surface area contributed by atoms with Crippen molar-refractivity contribution >= 4 is 23.6 Å². The second kappa shape index (κ2) is 10.3. The third-order valence-corrected chi connectivity index (χ3v) is 4.37. The second-order valence-electron chi connectivity index (χ2n) is 6.54. The van der Waals surface area contributed by atoms with Crippen molar-refractivity contribution < 1.29 is 19.2 Å². The zero-order valence-electron chi connectivity index (χ0n) is 15.5. The molecule has 1 fully saturated rings. The first-order valence-corrected chi connectivity index (χ1v) is 9.16. The van der Waals surface area contributed by atoms with E-state index in [1.807, 2.05) is 19.1 Å². The van der Waals surface area contributed by atoms with Crippen molar-refractivity contribution in [3.8, 4) is 0 Å². The third kappa shape index (κ3) is 6.73. The van der Waals surface area contributed by atoms with Gasteiger partial charge in [0.05, 0.1) is 0 Å². The molecule has 0 saturated carbocycles. The minimum Gasteiger partial charge on any atom is -0.352 e. The summed E-state index contributed by atoms with van der Waals surface area (Å²) >= 11 is 0. The molecule has 1 heterocycles. The van der Waals surface area contributed by atoms with Crippen LogP contribution in [0, 0.1) is 6.92 Å². The van der Waals surface area contributed by atoms with Gasteiger partial charge in [0.15, 0.2) is 0 Å². The summed E-state index contributed by atoms with van der Waals surface area (Å²) in [4.78, 5) is 49.1. The Bertz CT molecular complexity index is 705. The van der Waals surface area contributed by atoms with Crippen LogP contribution in [-0.4, -0.2) is 48.2 Å². The fourth-order valence-electron chi connectivity index (χ4n) is 2.83. The van der Waals surface area contributed by atoms with E-state index in [9.17, 15) is 19.2 Å². The molecule has 0 radical (unpaired) electrons. The first kappa shape index (κ1) is 20.4. The third-order valence-electron chi connectivity index (χ3n) is 4.37. The SMILES string of the molecule is Cc1ccccc1C(=O)NCCC(=O)NNC(=O)CN1CCCCCC1=O. The fraction of sp³-hybridized carbons (Fsp3) is 0.474. The number of aryl methyl sites for hydroxylation is 1. The number of benzene rings is 1. The van der Waals surface area contributed by atoms with E-state index in [4.69, 9.17) is 0 Å². The highest BCUT2D eigenvalue weighted by molar-refractivity contribution is 5.95. The summed E-state index contributed by atoms with van der Waals surface area (Å²) < 4.78 is 0. The van der Waals surface area contributed by atoms with Crippen LogP contribution in [0.1, 0.15) is 48.0 Å². The number of nitrogens with zero attached hydrogens (tertiary/aromatic N) is 1. The molecule has 8 nitrogen and oxygen atoms in total. The number of rotatable bonds is 6. The van der Waals surface area contributed by atoms with Crippen molar-refractivity contribution in [3.05, 3.63) is 35.4 Å². The molecule has 1 aliphatic heterocycles. The molecule has 1 aliphatic rings. The molecule has 0 bridgehead atoms. The molecule has 0 unspecified atom stereocenters. The van der Waals surface area contributed by atoms with Gasteiger partial charge in [-0.15, -0.1) is 0 Å². The van der Waals surface area contributed by atoms with Gasteiger partial charge in [-0.25, -0.2) is 0 Å².